The number of carbonyl (C=O) groups is 2. The molecule has 3 aromatic rings. The molecule has 0 spiro atoms. The summed E-state index contributed by atoms with van der Waals surface area (Å²) in [6.07, 6.45) is 0.803. The number of ether oxygens (including phenoxy) is 1. The molecule has 1 fully saturated rings. The van der Waals surface area contributed by atoms with Crippen molar-refractivity contribution in [1.82, 2.24) is 4.90 Å². The molecule has 0 aromatic heterocycles. The van der Waals surface area contributed by atoms with E-state index >= 15 is 0 Å². The summed E-state index contributed by atoms with van der Waals surface area (Å²) in [5.74, 6) is -0.276. The van der Waals surface area contributed by atoms with E-state index in [-0.39, 0.29) is 24.0 Å². The minimum absolute atomic E-state index is 0.0679. The van der Waals surface area contributed by atoms with Crippen LogP contribution in [0.2, 0.25) is 0 Å². The Balaban J connectivity index is 1.62. The lowest BCUT2D eigenvalue weighted by atomic mass is 9.92. The van der Waals surface area contributed by atoms with Crippen LogP contribution in [0.3, 0.4) is 0 Å². The van der Waals surface area contributed by atoms with Crippen LogP contribution >= 0.6 is 0 Å². The number of fused-ring (bicyclic) bond motifs is 1. The number of hydrogen-bond acceptors (Lipinski definition) is 4. The summed E-state index contributed by atoms with van der Waals surface area (Å²) in [6.45, 7) is 6.51. The highest BCUT2D eigenvalue weighted by atomic mass is 16.5. The molecule has 5 nitrogen and oxygen atoms in total. The number of aliphatic hydroxyl groups is 1. The van der Waals surface area contributed by atoms with Crippen molar-refractivity contribution in [1.29, 1.82) is 0 Å². The van der Waals surface area contributed by atoms with Crippen LogP contribution in [-0.2, 0) is 22.6 Å². The molecule has 5 rings (SSSR count). The smallest absolute Gasteiger partial charge is 0.295 e. The van der Waals surface area contributed by atoms with E-state index in [9.17, 15) is 14.7 Å². The molecule has 0 bridgehead atoms. The number of likely N-dealkylation sites (tertiary alicyclic amines) is 1. The van der Waals surface area contributed by atoms with Crippen molar-refractivity contribution in [2.75, 3.05) is 0 Å². The highest BCUT2D eigenvalue weighted by molar-refractivity contribution is 6.46. The van der Waals surface area contributed by atoms with Crippen molar-refractivity contribution in [3.05, 3.63) is 106 Å². The Labute approximate surface area is 205 Å². The van der Waals surface area contributed by atoms with E-state index in [0.717, 1.165) is 28.9 Å². The average Bonchev–Trinajstić information content (AvgIpc) is 3.35. The number of carbonyl (C=O) groups excluding carboxylic acids is 2. The third-order valence-electron chi connectivity index (χ3n) is 6.82. The van der Waals surface area contributed by atoms with Gasteiger partial charge in [-0.15, -0.1) is 0 Å². The van der Waals surface area contributed by atoms with Crippen molar-refractivity contribution in [2.24, 2.45) is 0 Å². The van der Waals surface area contributed by atoms with E-state index in [1.54, 1.807) is 11.0 Å². The number of hydrogen-bond donors (Lipinski definition) is 1. The van der Waals surface area contributed by atoms with Gasteiger partial charge in [-0.1, -0.05) is 68.4 Å². The first-order valence-corrected chi connectivity index (χ1v) is 12.1. The zero-order valence-corrected chi connectivity index (χ0v) is 20.2. The standard InChI is InChI=1S/C30H29NO4/c1-18(2)21-9-11-22(12-10-21)27-26(28(32)23-13-14-25-24(16-23)15-19(3)35-25)29(33)30(34)31(27)17-20-7-5-4-6-8-20/h4-14,16,18-19,27,32H,15,17H2,1-3H3/t19-,27-/m0/s1. The van der Waals surface area contributed by atoms with Crippen LogP contribution in [0.1, 0.15) is 60.5 Å². The quantitative estimate of drug-likeness (QED) is 0.295. The largest absolute Gasteiger partial charge is 0.507 e. The Morgan fingerprint density at radius 1 is 1.03 bits per heavy atom. The van der Waals surface area contributed by atoms with Gasteiger partial charge >= 0.3 is 0 Å². The SMILES string of the molecule is CC(C)c1ccc([C@H]2C(=C(O)c3ccc4c(c3)C[C@H](C)O4)C(=O)C(=O)N2Cc2ccccc2)cc1. The predicted molar refractivity (Wildman–Crippen MR) is 135 cm³/mol. The number of Topliss-reactive ketones (excluding diaryl/α,β-unsaturated/α-hetero) is 1. The van der Waals surface area contributed by atoms with Crippen molar-refractivity contribution in [3.8, 4) is 5.75 Å². The van der Waals surface area contributed by atoms with Gasteiger partial charge < -0.3 is 14.7 Å². The zero-order valence-electron chi connectivity index (χ0n) is 20.2. The minimum Gasteiger partial charge on any atom is -0.507 e. The van der Waals surface area contributed by atoms with Gasteiger partial charge in [0, 0.05) is 18.5 Å². The topological polar surface area (TPSA) is 66.8 Å². The van der Waals surface area contributed by atoms with E-state index in [0.29, 0.717) is 11.5 Å². The van der Waals surface area contributed by atoms with Crippen molar-refractivity contribution in [2.45, 2.75) is 51.8 Å². The number of ketones is 1. The summed E-state index contributed by atoms with van der Waals surface area (Å²) in [5, 5.41) is 11.4. The summed E-state index contributed by atoms with van der Waals surface area (Å²) in [6, 6.07) is 22.3. The summed E-state index contributed by atoms with van der Waals surface area (Å²) < 4.78 is 5.78. The lowest BCUT2D eigenvalue weighted by Crippen LogP contribution is -2.29. The van der Waals surface area contributed by atoms with Crippen LogP contribution in [0.15, 0.2) is 78.4 Å². The van der Waals surface area contributed by atoms with Gasteiger partial charge in [0.15, 0.2) is 0 Å². The van der Waals surface area contributed by atoms with Crippen LogP contribution in [-0.4, -0.2) is 27.8 Å². The molecular weight excluding hydrogens is 438 g/mol. The van der Waals surface area contributed by atoms with Crippen molar-refractivity contribution in [3.63, 3.8) is 0 Å². The van der Waals surface area contributed by atoms with E-state index in [1.807, 2.05) is 73.7 Å². The summed E-state index contributed by atoms with van der Waals surface area (Å²) in [5.41, 5.74) is 4.50. The fourth-order valence-corrected chi connectivity index (χ4v) is 4.96. The lowest BCUT2D eigenvalue weighted by molar-refractivity contribution is -0.140. The molecule has 1 N–H and O–H groups in total. The Bertz CT molecular complexity index is 1310. The van der Waals surface area contributed by atoms with Gasteiger partial charge in [0.25, 0.3) is 11.7 Å². The Hall–Kier alpha value is -3.86. The highest BCUT2D eigenvalue weighted by Gasteiger charge is 2.46. The van der Waals surface area contributed by atoms with Crippen LogP contribution < -0.4 is 4.74 Å². The van der Waals surface area contributed by atoms with Gasteiger partial charge in [-0.3, -0.25) is 9.59 Å². The molecule has 2 atom stereocenters. The maximum Gasteiger partial charge on any atom is 0.295 e. The molecule has 0 saturated carbocycles. The second kappa shape index (κ2) is 9.06. The summed E-state index contributed by atoms with van der Waals surface area (Å²) in [4.78, 5) is 28.1. The fourth-order valence-electron chi connectivity index (χ4n) is 4.96. The first-order valence-electron chi connectivity index (χ1n) is 12.1. The summed E-state index contributed by atoms with van der Waals surface area (Å²) in [7, 11) is 0. The third-order valence-corrected chi connectivity index (χ3v) is 6.82. The third kappa shape index (κ3) is 4.23. The number of nitrogens with zero attached hydrogens (tertiary/aromatic N) is 1. The number of amides is 1. The fraction of sp³-hybridized carbons (Fsp3) is 0.267. The molecule has 2 aliphatic rings. The Morgan fingerprint density at radius 3 is 2.43 bits per heavy atom. The monoisotopic (exact) mass is 467 g/mol. The lowest BCUT2D eigenvalue weighted by Gasteiger charge is -2.26. The van der Waals surface area contributed by atoms with E-state index in [1.165, 1.54) is 5.56 Å². The van der Waals surface area contributed by atoms with Crippen LogP contribution in [0.4, 0.5) is 0 Å². The molecule has 1 saturated heterocycles. The van der Waals surface area contributed by atoms with E-state index in [2.05, 4.69) is 13.8 Å². The molecule has 0 radical (unpaired) electrons. The predicted octanol–water partition coefficient (Wildman–Crippen LogP) is 5.76. The molecule has 2 aliphatic heterocycles. The minimum atomic E-state index is -0.681. The van der Waals surface area contributed by atoms with E-state index in [4.69, 9.17) is 4.74 Å². The molecule has 3 aromatic carbocycles. The molecule has 1 amide bonds. The first-order chi connectivity index (χ1) is 16.8. The molecule has 35 heavy (non-hydrogen) atoms. The Kier molecular flexibility index (Phi) is 5.93. The maximum atomic E-state index is 13.3. The van der Waals surface area contributed by atoms with Gasteiger partial charge in [-0.25, -0.2) is 0 Å². The van der Waals surface area contributed by atoms with Crippen LogP contribution in [0, 0.1) is 0 Å². The Morgan fingerprint density at radius 2 is 1.74 bits per heavy atom. The van der Waals surface area contributed by atoms with Crippen molar-refractivity contribution >= 4 is 17.4 Å². The second-order valence-corrected chi connectivity index (χ2v) is 9.69. The van der Waals surface area contributed by atoms with Gasteiger partial charge in [-0.05, 0) is 53.3 Å². The molecule has 0 aliphatic carbocycles. The number of aliphatic hydroxyl groups excluding tert-OH is 1. The van der Waals surface area contributed by atoms with Gasteiger partial charge in [0.05, 0.1) is 11.6 Å². The highest BCUT2D eigenvalue weighted by Crippen LogP contribution is 2.41. The number of rotatable bonds is 5. The maximum absolute atomic E-state index is 13.3. The molecule has 2 heterocycles. The van der Waals surface area contributed by atoms with Gasteiger partial charge in [0.2, 0.25) is 0 Å². The zero-order chi connectivity index (χ0) is 24.7. The van der Waals surface area contributed by atoms with E-state index < -0.39 is 17.7 Å². The molecule has 178 valence electrons. The van der Waals surface area contributed by atoms with Crippen LogP contribution in [0.5, 0.6) is 5.75 Å². The van der Waals surface area contributed by atoms with Gasteiger partial charge in [-0.2, -0.15) is 0 Å². The van der Waals surface area contributed by atoms with Gasteiger partial charge in [0.1, 0.15) is 17.6 Å². The number of benzene rings is 3. The first kappa shape index (κ1) is 22.9. The van der Waals surface area contributed by atoms with Crippen LogP contribution in [0.25, 0.3) is 5.76 Å². The summed E-state index contributed by atoms with van der Waals surface area (Å²) >= 11 is 0. The normalized spacial score (nSPS) is 20.9. The molecule has 5 heteroatoms. The molecule has 0 unspecified atom stereocenters. The molecular formula is C30H29NO4. The average molecular weight is 468 g/mol. The second-order valence-electron chi connectivity index (χ2n) is 9.69. The van der Waals surface area contributed by atoms with Crippen molar-refractivity contribution < 1.29 is 19.4 Å².